The first-order valence-electron chi connectivity index (χ1n) is 7.78. The van der Waals surface area contributed by atoms with Crippen LogP contribution < -0.4 is 4.74 Å². The molecule has 1 aliphatic heterocycles. The zero-order valence-electron chi connectivity index (χ0n) is 14.1. The SMILES string of the molecule is CC.COc1ccc(C2OCCN2C)c2ccc(C(F)(F)F)nc12. The van der Waals surface area contributed by atoms with E-state index in [4.69, 9.17) is 9.47 Å². The number of nitrogens with zero attached hydrogens (tertiary/aromatic N) is 2. The topological polar surface area (TPSA) is 34.6 Å². The molecule has 1 aliphatic rings. The van der Waals surface area contributed by atoms with Crippen molar-refractivity contribution >= 4 is 10.9 Å². The number of rotatable bonds is 2. The number of benzene rings is 1. The molecule has 0 amide bonds. The predicted octanol–water partition coefficient (Wildman–Crippen LogP) is 4.25. The monoisotopic (exact) mass is 342 g/mol. The molecule has 1 aromatic carbocycles. The van der Waals surface area contributed by atoms with E-state index in [2.05, 4.69) is 4.98 Å². The van der Waals surface area contributed by atoms with Crippen molar-refractivity contribution in [2.45, 2.75) is 26.3 Å². The van der Waals surface area contributed by atoms with Crippen LogP contribution in [-0.2, 0) is 10.9 Å². The third-order valence-electron chi connectivity index (χ3n) is 3.75. The van der Waals surface area contributed by atoms with Crippen LogP contribution in [0, 0.1) is 0 Å². The molecule has 0 spiro atoms. The molecule has 24 heavy (non-hydrogen) atoms. The number of aromatic nitrogens is 1. The van der Waals surface area contributed by atoms with Crippen molar-refractivity contribution in [3.05, 3.63) is 35.5 Å². The molecule has 0 saturated carbocycles. The Hall–Kier alpha value is -1.86. The standard InChI is InChI=1S/C15H15F3N2O2.C2H6/c1-20-7-8-22-14(20)10-3-5-11(21-2)13-9(10)4-6-12(19-13)15(16,17)18;1-2/h3-6,14H,7-8H2,1-2H3;1-2H3. The van der Waals surface area contributed by atoms with Gasteiger partial charge in [-0.05, 0) is 19.2 Å². The molecule has 7 heteroatoms. The van der Waals surface area contributed by atoms with E-state index < -0.39 is 11.9 Å². The van der Waals surface area contributed by atoms with Gasteiger partial charge in [-0.15, -0.1) is 0 Å². The number of alkyl halides is 3. The quantitative estimate of drug-likeness (QED) is 0.817. The fourth-order valence-electron chi connectivity index (χ4n) is 2.63. The minimum absolute atomic E-state index is 0.193. The normalized spacial score (nSPS) is 18.4. The summed E-state index contributed by atoms with van der Waals surface area (Å²) in [7, 11) is 3.32. The Balaban J connectivity index is 0.00000100. The summed E-state index contributed by atoms with van der Waals surface area (Å²) in [5, 5.41) is 0.603. The zero-order chi connectivity index (χ0) is 17.9. The fraction of sp³-hybridized carbons (Fsp3) is 0.471. The molecule has 1 saturated heterocycles. The third-order valence-corrected chi connectivity index (χ3v) is 3.75. The van der Waals surface area contributed by atoms with E-state index in [9.17, 15) is 13.2 Å². The summed E-state index contributed by atoms with van der Waals surface area (Å²) in [5.74, 6) is 0.311. The highest BCUT2D eigenvalue weighted by atomic mass is 19.4. The van der Waals surface area contributed by atoms with Gasteiger partial charge in [-0.3, -0.25) is 4.90 Å². The van der Waals surface area contributed by atoms with Crippen molar-refractivity contribution in [1.82, 2.24) is 9.88 Å². The minimum atomic E-state index is -4.49. The highest BCUT2D eigenvalue weighted by molar-refractivity contribution is 5.88. The highest BCUT2D eigenvalue weighted by Gasteiger charge is 2.33. The Labute approximate surface area is 139 Å². The number of methoxy groups -OCH3 is 1. The van der Waals surface area contributed by atoms with Crippen LogP contribution in [0.1, 0.15) is 31.3 Å². The van der Waals surface area contributed by atoms with Crippen molar-refractivity contribution < 1.29 is 22.6 Å². The van der Waals surface area contributed by atoms with Crippen molar-refractivity contribution in [3.63, 3.8) is 0 Å². The summed E-state index contributed by atoms with van der Waals surface area (Å²) >= 11 is 0. The van der Waals surface area contributed by atoms with Gasteiger partial charge in [-0.1, -0.05) is 26.0 Å². The van der Waals surface area contributed by atoms with Crippen molar-refractivity contribution in [1.29, 1.82) is 0 Å². The second-order valence-corrected chi connectivity index (χ2v) is 5.15. The van der Waals surface area contributed by atoms with Gasteiger partial charge in [0.05, 0.1) is 13.7 Å². The number of hydrogen-bond donors (Lipinski definition) is 0. The summed E-state index contributed by atoms with van der Waals surface area (Å²) in [4.78, 5) is 5.75. The fourth-order valence-corrected chi connectivity index (χ4v) is 2.63. The van der Waals surface area contributed by atoms with Gasteiger partial charge < -0.3 is 9.47 Å². The van der Waals surface area contributed by atoms with Crippen molar-refractivity contribution in [2.24, 2.45) is 0 Å². The van der Waals surface area contributed by atoms with Gasteiger partial charge in [-0.25, -0.2) is 4.98 Å². The first-order chi connectivity index (χ1) is 11.4. The lowest BCUT2D eigenvalue weighted by Crippen LogP contribution is -2.18. The molecule has 1 atom stereocenters. The molecule has 0 radical (unpaired) electrons. The number of halogens is 3. The van der Waals surface area contributed by atoms with Gasteiger partial charge in [0.25, 0.3) is 0 Å². The third kappa shape index (κ3) is 3.47. The Morgan fingerprint density at radius 1 is 1.21 bits per heavy atom. The maximum Gasteiger partial charge on any atom is 0.433 e. The van der Waals surface area contributed by atoms with Gasteiger partial charge in [-0.2, -0.15) is 13.2 Å². The minimum Gasteiger partial charge on any atom is -0.494 e. The summed E-state index contributed by atoms with van der Waals surface area (Å²) in [6, 6.07) is 5.85. The average Bonchev–Trinajstić information content (AvgIpc) is 3.00. The van der Waals surface area contributed by atoms with E-state index in [1.54, 1.807) is 6.07 Å². The zero-order valence-corrected chi connectivity index (χ0v) is 14.1. The van der Waals surface area contributed by atoms with E-state index in [1.807, 2.05) is 31.9 Å². The number of fused-ring (bicyclic) bond motifs is 1. The predicted molar refractivity (Wildman–Crippen MR) is 86.0 cm³/mol. The van der Waals surface area contributed by atoms with Gasteiger partial charge >= 0.3 is 6.18 Å². The molecule has 0 aliphatic carbocycles. The largest absolute Gasteiger partial charge is 0.494 e. The van der Waals surface area contributed by atoms with Gasteiger partial charge in [0.15, 0.2) is 0 Å². The molecular weight excluding hydrogens is 321 g/mol. The first kappa shape index (κ1) is 18.5. The molecule has 132 valence electrons. The Morgan fingerprint density at radius 3 is 2.46 bits per heavy atom. The van der Waals surface area contributed by atoms with Crippen LogP contribution in [0.5, 0.6) is 5.75 Å². The van der Waals surface area contributed by atoms with Crippen molar-refractivity contribution in [2.75, 3.05) is 27.3 Å². The maximum atomic E-state index is 12.9. The Kier molecular flexibility index (Phi) is 5.66. The summed E-state index contributed by atoms with van der Waals surface area (Å²) in [5.41, 5.74) is 0.0481. The highest BCUT2D eigenvalue weighted by Crippen LogP contribution is 2.37. The summed E-state index contributed by atoms with van der Waals surface area (Å²) in [6.07, 6.45) is -4.78. The van der Waals surface area contributed by atoms with Crippen molar-refractivity contribution in [3.8, 4) is 5.75 Å². The van der Waals surface area contributed by atoms with E-state index in [0.717, 1.165) is 18.2 Å². The number of likely N-dealkylation sites (N-methyl/N-ethyl adjacent to an activating group) is 1. The molecule has 1 aromatic heterocycles. The number of pyridine rings is 1. The Morgan fingerprint density at radius 2 is 1.92 bits per heavy atom. The van der Waals surface area contributed by atoms with Crippen LogP contribution >= 0.6 is 0 Å². The van der Waals surface area contributed by atoms with Crippen LogP contribution in [0.4, 0.5) is 13.2 Å². The van der Waals surface area contributed by atoms with Crippen LogP contribution in [0.2, 0.25) is 0 Å². The Bertz CT molecular complexity index is 704. The molecular formula is C17H21F3N2O2. The molecule has 1 unspecified atom stereocenters. The molecule has 2 heterocycles. The lowest BCUT2D eigenvalue weighted by atomic mass is 10.1. The van der Waals surface area contributed by atoms with Gasteiger partial charge in [0.1, 0.15) is 23.2 Å². The van der Waals surface area contributed by atoms with Crippen LogP contribution in [0.15, 0.2) is 24.3 Å². The molecule has 4 nitrogen and oxygen atoms in total. The van der Waals surface area contributed by atoms with E-state index in [1.165, 1.54) is 13.2 Å². The second kappa shape index (κ2) is 7.36. The number of ether oxygens (including phenoxy) is 2. The molecule has 3 rings (SSSR count). The molecule has 2 aromatic rings. The lowest BCUT2D eigenvalue weighted by molar-refractivity contribution is -0.140. The summed E-state index contributed by atoms with van der Waals surface area (Å²) in [6.45, 7) is 5.36. The maximum absolute atomic E-state index is 12.9. The summed E-state index contributed by atoms with van der Waals surface area (Å²) < 4.78 is 49.5. The number of hydrogen-bond acceptors (Lipinski definition) is 4. The van der Waals surface area contributed by atoms with Gasteiger partial charge in [0, 0.05) is 17.5 Å². The molecule has 0 bridgehead atoms. The lowest BCUT2D eigenvalue weighted by Gasteiger charge is -2.21. The van der Waals surface area contributed by atoms with E-state index in [0.29, 0.717) is 17.7 Å². The van der Waals surface area contributed by atoms with E-state index >= 15 is 0 Å². The molecule has 0 N–H and O–H groups in total. The van der Waals surface area contributed by atoms with Gasteiger partial charge in [0.2, 0.25) is 0 Å². The average molecular weight is 342 g/mol. The van der Waals surface area contributed by atoms with Crippen LogP contribution in [0.3, 0.4) is 0 Å². The second-order valence-electron chi connectivity index (χ2n) is 5.15. The molecule has 1 fully saturated rings. The van der Waals surface area contributed by atoms with Crippen LogP contribution in [-0.4, -0.2) is 37.2 Å². The first-order valence-corrected chi connectivity index (χ1v) is 7.78. The smallest absolute Gasteiger partial charge is 0.433 e. The van der Waals surface area contributed by atoms with E-state index in [-0.39, 0.29) is 11.7 Å². The van der Waals surface area contributed by atoms with Crippen LogP contribution in [0.25, 0.3) is 10.9 Å².